The summed E-state index contributed by atoms with van der Waals surface area (Å²) >= 11 is 0. The highest BCUT2D eigenvalue weighted by Crippen LogP contribution is 2.12. The summed E-state index contributed by atoms with van der Waals surface area (Å²) in [6.07, 6.45) is 0. The number of anilines is 1. The molecule has 0 radical (unpaired) electrons. The number of benzene rings is 1. The molecule has 0 saturated heterocycles. The largest absolute Gasteiger partial charge is 0.508 e. The van der Waals surface area contributed by atoms with E-state index in [9.17, 15) is 5.11 Å². The molecular weight excluding hydrogens is 240 g/mol. The van der Waals surface area contributed by atoms with Gasteiger partial charge in [-0.25, -0.2) is 4.52 Å². The lowest BCUT2D eigenvalue weighted by atomic mass is 10.2. The molecule has 3 rings (SSSR count). The van der Waals surface area contributed by atoms with E-state index in [1.54, 1.807) is 16.6 Å². The van der Waals surface area contributed by atoms with Crippen LogP contribution in [0.25, 0.3) is 5.65 Å². The third-order valence-electron chi connectivity index (χ3n) is 2.94. The van der Waals surface area contributed by atoms with E-state index in [4.69, 9.17) is 0 Å². The van der Waals surface area contributed by atoms with Crippen LogP contribution in [-0.2, 0) is 6.54 Å². The highest BCUT2D eigenvalue weighted by atomic mass is 16.3. The fourth-order valence-electron chi connectivity index (χ4n) is 1.91. The molecule has 0 aliphatic rings. The molecule has 2 heterocycles. The second-order valence-corrected chi connectivity index (χ2v) is 4.39. The molecule has 0 fully saturated rings. The first-order chi connectivity index (χ1) is 9.22. The van der Waals surface area contributed by atoms with Gasteiger partial charge in [-0.3, -0.25) is 0 Å². The van der Waals surface area contributed by atoms with Crippen molar-refractivity contribution in [2.45, 2.75) is 13.5 Å². The van der Waals surface area contributed by atoms with Crippen LogP contribution in [0.3, 0.4) is 0 Å². The second kappa shape index (κ2) is 4.61. The molecular formula is C14H14N4O. The van der Waals surface area contributed by atoms with E-state index >= 15 is 0 Å². The summed E-state index contributed by atoms with van der Waals surface area (Å²) in [6.45, 7) is 2.61. The Balaban J connectivity index is 1.78. The molecule has 5 nitrogen and oxygen atoms in total. The highest BCUT2D eigenvalue weighted by molar-refractivity contribution is 5.44. The zero-order chi connectivity index (χ0) is 13.2. The van der Waals surface area contributed by atoms with Gasteiger partial charge in [-0.2, -0.15) is 4.98 Å². The van der Waals surface area contributed by atoms with Crippen molar-refractivity contribution in [1.29, 1.82) is 0 Å². The molecule has 0 bridgehead atoms. The van der Waals surface area contributed by atoms with Gasteiger partial charge in [0.1, 0.15) is 5.75 Å². The van der Waals surface area contributed by atoms with Crippen LogP contribution in [0, 0.1) is 6.92 Å². The van der Waals surface area contributed by atoms with Gasteiger partial charge in [-0.05, 0) is 36.8 Å². The maximum atomic E-state index is 9.22. The molecule has 2 N–H and O–H groups in total. The minimum atomic E-state index is 0.269. The Bertz CT molecular complexity index is 703. The Morgan fingerprint density at radius 1 is 1.16 bits per heavy atom. The summed E-state index contributed by atoms with van der Waals surface area (Å²) in [4.78, 5) is 4.40. The van der Waals surface area contributed by atoms with Gasteiger partial charge in [0.25, 0.3) is 0 Å². The normalized spacial score (nSPS) is 10.8. The van der Waals surface area contributed by atoms with E-state index in [1.165, 1.54) is 0 Å². The number of pyridine rings is 1. The zero-order valence-corrected chi connectivity index (χ0v) is 10.5. The van der Waals surface area contributed by atoms with Crippen molar-refractivity contribution in [3.8, 4) is 5.75 Å². The van der Waals surface area contributed by atoms with E-state index in [1.807, 2.05) is 37.3 Å². The van der Waals surface area contributed by atoms with Crippen LogP contribution in [0.5, 0.6) is 5.75 Å². The quantitative estimate of drug-likeness (QED) is 0.753. The van der Waals surface area contributed by atoms with E-state index in [2.05, 4.69) is 15.4 Å². The molecule has 0 aliphatic heterocycles. The first-order valence-corrected chi connectivity index (χ1v) is 6.06. The third-order valence-corrected chi connectivity index (χ3v) is 2.94. The van der Waals surface area contributed by atoms with Crippen molar-refractivity contribution in [2.24, 2.45) is 0 Å². The van der Waals surface area contributed by atoms with Crippen molar-refractivity contribution >= 4 is 11.6 Å². The summed E-state index contributed by atoms with van der Waals surface area (Å²) in [5, 5.41) is 16.8. The van der Waals surface area contributed by atoms with Crippen molar-refractivity contribution in [2.75, 3.05) is 5.32 Å². The lowest BCUT2D eigenvalue weighted by molar-refractivity contribution is 0.475. The van der Waals surface area contributed by atoms with Gasteiger partial charge in [0, 0.05) is 12.2 Å². The Kier molecular flexibility index (Phi) is 2.79. The van der Waals surface area contributed by atoms with Gasteiger partial charge in [-0.15, -0.1) is 5.10 Å². The average molecular weight is 254 g/mol. The maximum absolute atomic E-state index is 9.22. The van der Waals surface area contributed by atoms with Crippen molar-refractivity contribution in [3.05, 3.63) is 53.7 Å². The van der Waals surface area contributed by atoms with Crippen LogP contribution >= 0.6 is 0 Å². The molecule has 0 aliphatic carbocycles. The number of nitrogens with one attached hydrogen (secondary N) is 1. The summed E-state index contributed by atoms with van der Waals surface area (Å²) in [5.74, 6) is 0.868. The monoisotopic (exact) mass is 254 g/mol. The maximum Gasteiger partial charge on any atom is 0.243 e. The Morgan fingerprint density at radius 3 is 2.68 bits per heavy atom. The number of phenols is 1. The zero-order valence-electron chi connectivity index (χ0n) is 10.5. The highest BCUT2D eigenvalue weighted by Gasteiger charge is 2.04. The van der Waals surface area contributed by atoms with E-state index in [0.717, 1.165) is 16.9 Å². The predicted molar refractivity (Wildman–Crippen MR) is 73.2 cm³/mol. The van der Waals surface area contributed by atoms with Crippen molar-refractivity contribution < 1.29 is 5.11 Å². The SMILES string of the molecule is Cc1cccc2nc(NCc3ccc(O)cc3)nn12. The summed E-state index contributed by atoms with van der Waals surface area (Å²) < 4.78 is 1.80. The number of fused-ring (bicyclic) bond motifs is 1. The number of hydrogen-bond donors (Lipinski definition) is 2. The molecule has 5 heteroatoms. The van der Waals surface area contributed by atoms with Crippen LogP contribution in [0.15, 0.2) is 42.5 Å². The van der Waals surface area contributed by atoms with Crippen molar-refractivity contribution in [3.63, 3.8) is 0 Å². The van der Waals surface area contributed by atoms with Gasteiger partial charge in [0.05, 0.1) is 0 Å². The number of aromatic nitrogens is 3. The van der Waals surface area contributed by atoms with Gasteiger partial charge in [-0.1, -0.05) is 18.2 Å². The third kappa shape index (κ3) is 2.35. The van der Waals surface area contributed by atoms with Gasteiger partial charge >= 0.3 is 0 Å². The summed E-state index contributed by atoms with van der Waals surface area (Å²) in [7, 11) is 0. The Labute approximate surface area is 110 Å². The smallest absolute Gasteiger partial charge is 0.243 e. The molecule has 0 unspecified atom stereocenters. The van der Waals surface area contributed by atoms with Crippen LogP contribution in [-0.4, -0.2) is 19.7 Å². The first kappa shape index (κ1) is 11.5. The average Bonchev–Trinajstić information content (AvgIpc) is 2.83. The van der Waals surface area contributed by atoms with Crippen LogP contribution in [0.2, 0.25) is 0 Å². The standard InChI is InChI=1S/C14H14N4O/c1-10-3-2-4-13-16-14(17-18(10)13)15-9-11-5-7-12(19)8-6-11/h2-8,19H,9H2,1H3,(H,15,17). The fourth-order valence-corrected chi connectivity index (χ4v) is 1.91. The minimum Gasteiger partial charge on any atom is -0.508 e. The molecule has 96 valence electrons. The first-order valence-electron chi connectivity index (χ1n) is 6.06. The van der Waals surface area contributed by atoms with E-state index < -0.39 is 0 Å². The lowest BCUT2D eigenvalue weighted by Crippen LogP contribution is -2.01. The number of nitrogens with zero attached hydrogens (tertiary/aromatic N) is 3. The number of phenolic OH excluding ortho intramolecular Hbond substituents is 1. The molecule has 0 saturated carbocycles. The molecule has 0 amide bonds. The van der Waals surface area contributed by atoms with E-state index in [-0.39, 0.29) is 5.75 Å². The van der Waals surface area contributed by atoms with Crippen LogP contribution in [0.1, 0.15) is 11.3 Å². The Hall–Kier alpha value is -2.56. The fraction of sp³-hybridized carbons (Fsp3) is 0.143. The molecule has 0 spiro atoms. The number of aryl methyl sites for hydroxylation is 1. The molecule has 3 aromatic rings. The molecule has 0 atom stereocenters. The van der Waals surface area contributed by atoms with Gasteiger partial charge in [0.2, 0.25) is 5.95 Å². The van der Waals surface area contributed by atoms with Crippen LogP contribution in [0.4, 0.5) is 5.95 Å². The predicted octanol–water partition coefficient (Wildman–Crippen LogP) is 2.36. The summed E-state index contributed by atoms with van der Waals surface area (Å²) in [5.41, 5.74) is 2.93. The summed E-state index contributed by atoms with van der Waals surface area (Å²) in [6, 6.07) is 12.9. The molecule has 19 heavy (non-hydrogen) atoms. The Morgan fingerprint density at radius 2 is 1.95 bits per heavy atom. The van der Waals surface area contributed by atoms with Gasteiger partial charge < -0.3 is 10.4 Å². The van der Waals surface area contributed by atoms with E-state index in [0.29, 0.717) is 12.5 Å². The second-order valence-electron chi connectivity index (χ2n) is 4.39. The topological polar surface area (TPSA) is 62.5 Å². The van der Waals surface area contributed by atoms with Crippen molar-refractivity contribution in [1.82, 2.24) is 14.6 Å². The molecule has 2 aromatic heterocycles. The number of aromatic hydroxyl groups is 1. The van der Waals surface area contributed by atoms with Crippen LogP contribution < -0.4 is 5.32 Å². The number of hydrogen-bond acceptors (Lipinski definition) is 4. The minimum absolute atomic E-state index is 0.269. The molecule has 1 aromatic carbocycles. The lowest BCUT2D eigenvalue weighted by Gasteiger charge is -2.01. The number of rotatable bonds is 3. The van der Waals surface area contributed by atoms with Gasteiger partial charge in [0.15, 0.2) is 5.65 Å².